The number of methoxy groups -OCH3 is 1. The molecule has 1 fully saturated rings. The van der Waals surface area contributed by atoms with Crippen molar-refractivity contribution in [1.29, 1.82) is 0 Å². The summed E-state index contributed by atoms with van der Waals surface area (Å²) in [4.78, 5) is 16.5. The highest BCUT2D eigenvalue weighted by Crippen LogP contribution is 2.14. The van der Waals surface area contributed by atoms with Gasteiger partial charge in [-0.05, 0) is 32.0 Å². The average molecular weight is 294 g/mol. The number of rotatable bonds is 4. The Morgan fingerprint density at radius 3 is 2.86 bits per heavy atom. The first kappa shape index (κ1) is 15.9. The van der Waals surface area contributed by atoms with Crippen LogP contribution in [0.1, 0.15) is 22.3 Å². The normalized spacial score (nSPS) is 16.8. The molecule has 4 nitrogen and oxygen atoms in total. The fourth-order valence-electron chi connectivity index (χ4n) is 2.59. The van der Waals surface area contributed by atoms with Gasteiger partial charge in [0.15, 0.2) is 0 Å². The maximum absolute atomic E-state index is 13.8. The van der Waals surface area contributed by atoms with Crippen LogP contribution in [0.5, 0.6) is 0 Å². The molecule has 116 valence electrons. The number of aryl methyl sites for hydroxylation is 1. The topological polar surface area (TPSA) is 32.8 Å². The van der Waals surface area contributed by atoms with Crippen molar-refractivity contribution in [3.05, 3.63) is 35.1 Å². The number of ether oxygens (including phenoxy) is 1. The minimum absolute atomic E-state index is 0.181. The van der Waals surface area contributed by atoms with Gasteiger partial charge in [-0.15, -0.1) is 0 Å². The number of carbonyl (C=O) groups excluding carboxylic acids is 1. The second-order valence-electron chi connectivity index (χ2n) is 5.46. The molecule has 0 unspecified atom stereocenters. The summed E-state index contributed by atoms with van der Waals surface area (Å²) in [6, 6.07) is 4.68. The number of nitrogens with zero attached hydrogens (tertiary/aromatic N) is 2. The van der Waals surface area contributed by atoms with E-state index < -0.39 is 5.82 Å². The molecule has 0 bridgehead atoms. The molecule has 1 aliphatic heterocycles. The van der Waals surface area contributed by atoms with Crippen molar-refractivity contribution in [1.82, 2.24) is 9.80 Å². The van der Waals surface area contributed by atoms with E-state index in [2.05, 4.69) is 4.90 Å². The van der Waals surface area contributed by atoms with Crippen molar-refractivity contribution in [2.75, 3.05) is 46.4 Å². The van der Waals surface area contributed by atoms with Crippen LogP contribution < -0.4 is 0 Å². The molecule has 0 aromatic heterocycles. The van der Waals surface area contributed by atoms with Crippen LogP contribution >= 0.6 is 0 Å². The van der Waals surface area contributed by atoms with Crippen molar-refractivity contribution in [3.8, 4) is 0 Å². The number of halogens is 1. The fraction of sp³-hybridized carbons (Fsp3) is 0.562. The van der Waals surface area contributed by atoms with Crippen LogP contribution in [0.4, 0.5) is 4.39 Å². The van der Waals surface area contributed by atoms with E-state index in [1.165, 1.54) is 6.07 Å². The maximum Gasteiger partial charge on any atom is 0.256 e. The lowest BCUT2D eigenvalue weighted by molar-refractivity contribution is 0.0754. The van der Waals surface area contributed by atoms with Crippen LogP contribution in [-0.2, 0) is 4.74 Å². The Kier molecular flexibility index (Phi) is 5.70. The average Bonchev–Trinajstić information content (AvgIpc) is 2.72. The van der Waals surface area contributed by atoms with Crippen LogP contribution in [0.2, 0.25) is 0 Å². The number of hydrogen-bond acceptors (Lipinski definition) is 3. The van der Waals surface area contributed by atoms with Crippen LogP contribution in [0, 0.1) is 12.7 Å². The molecule has 0 radical (unpaired) electrons. The molecule has 1 aromatic rings. The van der Waals surface area contributed by atoms with Gasteiger partial charge in [0, 0.05) is 33.3 Å². The van der Waals surface area contributed by atoms with Crippen molar-refractivity contribution >= 4 is 5.91 Å². The molecule has 21 heavy (non-hydrogen) atoms. The molecule has 0 atom stereocenters. The predicted molar refractivity (Wildman–Crippen MR) is 80.0 cm³/mol. The molecule has 0 N–H and O–H groups in total. The van der Waals surface area contributed by atoms with Crippen molar-refractivity contribution in [2.24, 2.45) is 0 Å². The smallest absolute Gasteiger partial charge is 0.256 e. The Labute approximate surface area is 125 Å². The van der Waals surface area contributed by atoms with Gasteiger partial charge >= 0.3 is 0 Å². The summed E-state index contributed by atoms with van der Waals surface area (Å²) in [6.07, 6.45) is 0.906. The summed E-state index contributed by atoms with van der Waals surface area (Å²) in [7, 11) is 1.69. The Bertz CT molecular complexity index is 493. The summed E-state index contributed by atoms with van der Waals surface area (Å²) >= 11 is 0. The quantitative estimate of drug-likeness (QED) is 0.850. The Balaban J connectivity index is 2.01. The van der Waals surface area contributed by atoms with Crippen molar-refractivity contribution in [2.45, 2.75) is 13.3 Å². The molecule has 5 heteroatoms. The van der Waals surface area contributed by atoms with E-state index in [1.54, 1.807) is 24.1 Å². The molecule has 0 saturated carbocycles. The Morgan fingerprint density at radius 1 is 1.29 bits per heavy atom. The highest BCUT2D eigenvalue weighted by Gasteiger charge is 2.22. The minimum Gasteiger partial charge on any atom is -0.383 e. The van der Waals surface area contributed by atoms with E-state index in [0.29, 0.717) is 19.7 Å². The van der Waals surface area contributed by atoms with Gasteiger partial charge in [0.1, 0.15) is 5.82 Å². The highest BCUT2D eigenvalue weighted by atomic mass is 19.1. The monoisotopic (exact) mass is 294 g/mol. The van der Waals surface area contributed by atoms with Gasteiger partial charge in [-0.1, -0.05) is 11.6 Å². The first-order valence-electron chi connectivity index (χ1n) is 7.38. The van der Waals surface area contributed by atoms with Crippen LogP contribution in [0.15, 0.2) is 18.2 Å². The molecule has 0 aliphatic carbocycles. The summed E-state index contributed by atoms with van der Waals surface area (Å²) in [5.41, 5.74) is 1.08. The zero-order valence-corrected chi connectivity index (χ0v) is 12.8. The second kappa shape index (κ2) is 7.52. The lowest BCUT2D eigenvalue weighted by Gasteiger charge is -2.22. The minimum atomic E-state index is -0.439. The highest BCUT2D eigenvalue weighted by molar-refractivity contribution is 5.94. The lowest BCUT2D eigenvalue weighted by Crippen LogP contribution is -2.36. The third-order valence-corrected chi connectivity index (χ3v) is 3.84. The van der Waals surface area contributed by atoms with E-state index in [9.17, 15) is 9.18 Å². The SMILES string of the molecule is COCCN1CCCN(C(=O)c2cc(C)ccc2F)CC1. The molecule has 1 aliphatic rings. The summed E-state index contributed by atoms with van der Waals surface area (Å²) in [6.45, 7) is 6.50. The zero-order chi connectivity index (χ0) is 15.2. The molecule has 1 heterocycles. The van der Waals surface area contributed by atoms with Gasteiger partial charge in [0.2, 0.25) is 0 Å². The molecule has 1 saturated heterocycles. The zero-order valence-electron chi connectivity index (χ0n) is 12.8. The molecule has 0 spiro atoms. The lowest BCUT2D eigenvalue weighted by atomic mass is 10.1. The number of benzene rings is 1. The first-order valence-corrected chi connectivity index (χ1v) is 7.38. The molecular formula is C16H23FN2O2. The van der Waals surface area contributed by atoms with Gasteiger partial charge < -0.3 is 9.64 Å². The summed E-state index contributed by atoms with van der Waals surface area (Å²) < 4.78 is 18.9. The Morgan fingerprint density at radius 2 is 2.10 bits per heavy atom. The number of carbonyl (C=O) groups is 1. The molecular weight excluding hydrogens is 271 g/mol. The number of amides is 1. The summed E-state index contributed by atoms with van der Waals surface area (Å²) in [5, 5.41) is 0. The van der Waals surface area contributed by atoms with Gasteiger partial charge in [0.25, 0.3) is 5.91 Å². The van der Waals surface area contributed by atoms with E-state index in [4.69, 9.17) is 4.74 Å². The van der Waals surface area contributed by atoms with Gasteiger partial charge in [0.05, 0.1) is 12.2 Å². The van der Waals surface area contributed by atoms with Crippen LogP contribution in [0.3, 0.4) is 0 Å². The maximum atomic E-state index is 13.8. The number of hydrogen-bond donors (Lipinski definition) is 0. The second-order valence-corrected chi connectivity index (χ2v) is 5.46. The Hall–Kier alpha value is -1.46. The largest absolute Gasteiger partial charge is 0.383 e. The third-order valence-electron chi connectivity index (χ3n) is 3.84. The molecule has 2 rings (SSSR count). The third kappa shape index (κ3) is 4.25. The van der Waals surface area contributed by atoms with E-state index in [0.717, 1.165) is 31.6 Å². The van der Waals surface area contributed by atoms with Gasteiger partial charge in [-0.2, -0.15) is 0 Å². The summed E-state index contributed by atoms with van der Waals surface area (Å²) in [5.74, 6) is -0.643. The molecule has 1 aromatic carbocycles. The molecule has 1 amide bonds. The van der Waals surface area contributed by atoms with Gasteiger partial charge in [-0.3, -0.25) is 9.69 Å². The van der Waals surface area contributed by atoms with E-state index in [-0.39, 0.29) is 11.5 Å². The first-order chi connectivity index (χ1) is 10.1. The van der Waals surface area contributed by atoms with Crippen molar-refractivity contribution < 1.29 is 13.9 Å². The fourth-order valence-corrected chi connectivity index (χ4v) is 2.59. The van der Waals surface area contributed by atoms with Crippen molar-refractivity contribution in [3.63, 3.8) is 0 Å². The van der Waals surface area contributed by atoms with Gasteiger partial charge in [-0.25, -0.2) is 4.39 Å². The van der Waals surface area contributed by atoms with Crippen LogP contribution in [0.25, 0.3) is 0 Å². The van der Waals surface area contributed by atoms with E-state index >= 15 is 0 Å². The predicted octanol–water partition coefficient (Wildman–Crippen LogP) is 1.93. The standard InChI is InChI=1S/C16H23FN2O2/c1-13-4-5-15(17)14(12-13)16(20)19-7-3-6-18(8-9-19)10-11-21-2/h4-5,12H,3,6-11H2,1-2H3. The van der Waals surface area contributed by atoms with E-state index in [1.807, 2.05) is 6.92 Å². The van der Waals surface area contributed by atoms with Crippen LogP contribution in [-0.4, -0.2) is 62.1 Å².